The van der Waals surface area contributed by atoms with E-state index in [0.717, 1.165) is 4.90 Å². The van der Waals surface area contributed by atoms with Gasteiger partial charge in [-0.2, -0.15) is 5.26 Å². The molecular formula is C24H30N4O4. The molecule has 0 unspecified atom stereocenters. The molecule has 170 valence electrons. The Labute approximate surface area is 189 Å². The smallest absolute Gasteiger partial charge is 0.407 e. The van der Waals surface area contributed by atoms with Crippen LogP contribution < -0.4 is 0 Å². The summed E-state index contributed by atoms with van der Waals surface area (Å²) < 4.78 is 5.95. The van der Waals surface area contributed by atoms with Crippen LogP contribution in [0.3, 0.4) is 0 Å². The highest BCUT2D eigenvalue weighted by molar-refractivity contribution is 5.85. The van der Waals surface area contributed by atoms with Crippen molar-refractivity contribution in [3.63, 3.8) is 0 Å². The van der Waals surface area contributed by atoms with Gasteiger partial charge in [0.05, 0.1) is 6.61 Å². The summed E-state index contributed by atoms with van der Waals surface area (Å²) in [7, 11) is 1.40. The molecule has 0 aromatic heterocycles. The summed E-state index contributed by atoms with van der Waals surface area (Å²) in [5.74, 6) is -0.0471. The van der Waals surface area contributed by atoms with Gasteiger partial charge >= 0.3 is 6.09 Å². The van der Waals surface area contributed by atoms with Gasteiger partial charge < -0.3 is 14.7 Å². The Morgan fingerprint density at radius 3 is 2.41 bits per heavy atom. The molecule has 1 aliphatic carbocycles. The van der Waals surface area contributed by atoms with E-state index in [4.69, 9.17) is 9.84 Å². The van der Waals surface area contributed by atoms with E-state index >= 15 is 0 Å². The number of carboxylic acid groups (broad SMARTS) is 1. The van der Waals surface area contributed by atoms with Crippen molar-refractivity contribution in [2.45, 2.75) is 24.5 Å². The van der Waals surface area contributed by atoms with Gasteiger partial charge in [-0.05, 0) is 24.6 Å². The maximum Gasteiger partial charge on any atom is 0.407 e. The molecule has 1 aromatic rings. The van der Waals surface area contributed by atoms with Crippen molar-refractivity contribution < 1.29 is 19.4 Å². The molecule has 2 amide bonds. The molecule has 2 aliphatic rings. The van der Waals surface area contributed by atoms with Gasteiger partial charge in [-0.3, -0.25) is 14.6 Å². The molecule has 8 heteroatoms. The number of carbonyl (C=O) groups excluding carboxylic acids is 1. The van der Waals surface area contributed by atoms with E-state index in [9.17, 15) is 14.9 Å². The number of rotatable bonds is 7. The quantitative estimate of drug-likeness (QED) is 0.656. The fourth-order valence-electron chi connectivity index (χ4n) is 3.84. The lowest BCUT2D eigenvalue weighted by atomic mass is 9.89. The van der Waals surface area contributed by atoms with Gasteiger partial charge in [-0.1, -0.05) is 42.5 Å². The zero-order valence-corrected chi connectivity index (χ0v) is 18.6. The lowest BCUT2D eigenvalue weighted by Gasteiger charge is -2.37. The molecule has 3 rings (SSSR count). The highest BCUT2D eigenvalue weighted by atomic mass is 16.5. The maximum atomic E-state index is 12.5. The first-order chi connectivity index (χ1) is 15.3. The summed E-state index contributed by atoms with van der Waals surface area (Å²) in [6.07, 6.45) is 6.52. The number of hydrogen-bond acceptors (Lipinski definition) is 5. The lowest BCUT2D eigenvalue weighted by Crippen LogP contribution is -2.54. The van der Waals surface area contributed by atoms with Gasteiger partial charge in [0.1, 0.15) is 12.1 Å². The lowest BCUT2D eigenvalue weighted by molar-refractivity contribution is -0.137. The number of carbonyl (C=O) groups is 2. The Morgan fingerprint density at radius 2 is 1.84 bits per heavy atom. The largest absolute Gasteiger partial charge is 0.465 e. The van der Waals surface area contributed by atoms with E-state index < -0.39 is 17.7 Å². The Hall–Kier alpha value is -3.15. The standard InChI is InChI=1S/C24H30N4O4/c1-19(26(2)23(30)31)22(29)28-14-12-27(13-15-28)16-17-32-24(18-25)10-8-21(9-11-24)20-6-4-3-5-7-20/h3-11,19,21H,12-17H2,1-2H3,(H,30,31)/t19-,21?,24?/m1/s1. The van der Waals surface area contributed by atoms with E-state index in [1.807, 2.05) is 42.5 Å². The van der Waals surface area contributed by atoms with Crippen LogP contribution in [0.1, 0.15) is 18.4 Å². The molecule has 1 saturated heterocycles. The number of hydrogen-bond donors (Lipinski definition) is 1. The van der Waals surface area contributed by atoms with Crippen LogP contribution in [0.15, 0.2) is 54.6 Å². The number of ether oxygens (including phenoxy) is 1. The van der Waals surface area contributed by atoms with Gasteiger partial charge in [-0.15, -0.1) is 0 Å². The number of amides is 2. The van der Waals surface area contributed by atoms with Crippen LogP contribution >= 0.6 is 0 Å². The molecule has 8 nitrogen and oxygen atoms in total. The molecule has 0 spiro atoms. The average Bonchev–Trinajstić information content (AvgIpc) is 2.84. The summed E-state index contributed by atoms with van der Waals surface area (Å²) in [5, 5.41) is 18.7. The van der Waals surface area contributed by atoms with Crippen molar-refractivity contribution in [3.05, 3.63) is 60.2 Å². The van der Waals surface area contributed by atoms with Crippen LogP contribution in [0, 0.1) is 11.3 Å². The second kappa shape index (κ2) is 10.4. The van der Waals surface area contributed by atoms with Crippen molar-refractivity contribution in [1.29, 1.82) is 5.26 Å². The van der Waals surface area contributed by atoms with Crippen LogP contribution in [0.2, 0.25) is 0 Å². The Bertz CT molecular complexity index is 886. The first-order valence-electron chi connectivity index (χ1n) is 10.8. The minimum absolute atomic E-state index is 0.134. The highest BCUT2D eigenvalue weighted by Crippen LogP contribution is 2.28. The fraction of sp³-hybridized carbons (Fsp3) is 0.458. The van der Waals surface area contributed by atoms with Gasteiger partial charge in [0.15, 0.2) is 5.60 Å². The van der Waals surface area contributed by atoms with E-state index in [0.29, 0.717) is 39.3 Å². The van der Waals surface area contributed by atoms with E-state index in [1.54, 1.807) is 11.8 Å². The monoisotopic (exact) mass is 438 g/mol. The molecule has 1 aromatic carbocycles. The number of benzene rings is 1. The molecule has 0 saturated carbocycles. The normalized spacial score (nSPS) is 24.0. The number of nitrogens with zero attached hydrogens (tertiary/aromatic N) is 4. The van der Waals surface area contributed by atoms with Crippen molar-refractivity contribution >= 4 is 12.0 Å². The second-order valence-electron chi connectivity index (χ2n) is 8.14. The molecule has 0 radical (unpaired) electrons. The zero-order chi connectivity index (χ0) is 23.1. The third kappa shape index (κ3) is 5.55. The molecule has 1 atom stereocenters. The zero-order valence-electron chi connectivity index (χ0n) is 18.6. The summed E-state index contributed by atoms with van der Waals surface area (Å²) in [5.41, 5.74) is 0.114. The number of nitriles is 1. The molecule has 1 fully saturated rings. The minimum atomic E-state index is -1.12. The minimum Gasteiger partial charge on any atom is -0.465 e. The molecule has 1 aliphatic heterocycles. The van der Waals surface area contributed by atoms with Crippen LogP contribution in [0.5, 0.6) is 0 Å². The third-order valence-electron chi connectivity index (χ3n) is 6.13. The predicted molar refractivity (Wildman–Crippen MR) is 120 cm³/mol. The summed E-state index contributed by atoms with van der Waals surface area (Å²) in [6, 6.07) is 11.7. The number of piperazine rings is 1. The predicted octanol–water partition coefficient (Wildman–Crippen LogP) is 2.32. The van der Waals surface area contributed by atoms with Gasteiger partial charge in [-0.25, -0.2) is 4.79 Å². The van der Waals surface area contributed by atoms with Gasteiger partial charge in [0.25, 0.3) is 0 Å². The van der Waals surface area contributed by atoms with Crippen molar-refractivity contribution in [3.8, 4) is 6.07 Å². The number of allylic oxidation sites excluding steroid dienone is 2. The Morgan fingerprint density at radius 1 is 1.22 bits per heavy atom. The van der Waals surface area contributed by atoms with E-state index in [-0.39, 0.29) is 11.8 Å². The highest BCUT2D eigenvalue weighted by Gasteiger charge is 2.30. The van der Waals surface area contributed by atoms with E-state index in [1.165, 1.54) is 12.6 Å². The molecule has 1 N–H and O–H groups in total. The number of likely N-dealkylation sites (N-methyl/N-ethyl adjacent to an activating group) is 1. The van der Waals surface area contributed by atoms with Crippen LogP contribution in [0.25, 0.3) is 0 Å². The average molecular weight is 439 g/mol. The molecule has 1 heterocycles. The Kier molecular flexibility index (Phi) is 7.67. The Balaban J connectivity index is 1.44. The summed E-state index contributed by atoms with van der Waals surface area (Å²) in [4.78, 5) is 28.5. The van der Waals surface area contributed by atoms with E-state index in [2.05, 4.69) is 23.1 Å². The topological polar surface area (TPSA) is 97.1 Å². The molecular weight excluding hydrogens is 408 g/mol. The van der Waals surface area contributed by atoms with Crippen molar-refractivity contribution in [1.82, 2.24) is 14.7 Å². The first-order valence-corrected chi connectivity index (χ1v) is 10.8. The maximum absolute atomic E-state index is 12.5. The fourth-order valence-corrected chi connectivity index (χ4v) is 3.84. The summed E-state index contributed by atoms with van der Waals surface area (Å²) in [6.45, 7) is 5.09. The van der Waals surface area contributed by atoms with Crippen molar-refractivity contribution in [2.24, 2.45) is 0 Å². The third-order valence-corrected chi connectivity index (χ3v) is 6.13. The molecule has 32 heavy (non-hydrogen) atoms. The van der Waals surface area contributed by atoms with Crippen LogP contribution in [0.4, 0.5) is 4.79 Å². The van der Waals surface area contributed by atoms with Gasteiger partial charge in [0, 0.05) is 45.7 Å². The van der Waals surface area contributed by atoms with Gasteiger partial charge in [0.2, 0.25) is 5.91 Å². The summed E-state index contributed by atoms with van der Waals surface area (Å²) >= 11 is 0. The van der Waals surface area contributed by atoms with Crippen LogP contribution in [-0.4, -0.2) is 89.8 Å². The van der Waals surface area contributed by atoms with Crippen LogP contribution in [-0.2, 0) is 9.53 Å². The SMILES string of the molecule is C[C@H](C(=O)N1CCN(CCOC2(C#N)C=CC(c3ccccc3)C=C2)CC1)N(C)C(=O)O. The van der Waals surface area contributed by atoms with Crippen molar-refractivity contribution in [2.75, 3.05) is 46.4 Å². The first kappa shape index (κ1) is 23.5. The second-order valence-corrected chi connectivity index (χ2v) is 8.14. The molecule has 0 bridgehead atoms.